The highest BCUT2D eigenvalue weighted by atomic mass is 15.2. The van der Waals surface area contributed by atoms with Crippen LogP contribution in [-0.2, 0) is 0 Å². The molecule has 0 radical (unpaired) electrons. The Morgan fingerprint density at radius 3 is 2.95 bits per heavy atom. The summed E-state index contributed by atoms with van der Waals surface area (Å²) in [5.74, 6) is 0. The van der Waals surface area contributed by atoms with Crippen LogP contribution in [0.2, 0.25) is 0 Å². The van der Waals surface area contributed by atoms with Gasteiger partial charge in [0.1, 0.15) is 11.8 Å². The van der Waals surface area contributed by atoms with Crippen molar-refractivity contribution in [1.29, 1.82) is 5.26 Å². The van der Waals surface area contributed by atoms with Crippen molar-refractivity contribution in [3.8, 4) is 6.07 Å². The number of anilines is 1. The zero-order valence-electron chi connectivity index (χ0n) is 11.6. The quantitative estimate of drug-likeness (QED) is 0.880. The molecular formula is C15H22N4. The standard InChI is InChI=1S/C15H22N4/c1-2-9-19(12-14-5-3-4-8-17-14)15-7-6-13(10-16)18-11-15/h6-7,11,14,17H,2-5,8-9,12H2,1H3. The number of nitrogens with zero attached hydrogens (tertiary/aromatic N) is 3. The molecule has 2 heterocycles. The normalized spacial score (nSPS) is 18.8. The fourth-order valence-electron chi connectivity index (χ4n) is 2.58. The topological polar surface area (TPSA) is 52.0 Å². The molecule has 0 saturated carbocycles. The highest BCUT2D eigenvalue weighted by molar-refractivity contribution is 5.46. The third-order valence-electron chi connectivity index (χ3n) is 3.57. The summed E-state index contributed by atoms with van der Waals surface area (Å²) in [6.07, 6.45) is 6.81. The minimum Gasteiger partial charge on any atom is -0.369 e. The van der Waals surface area contributed by atoms with E-state index < -0.39 is 0 Å². The van der Waals surface area contributed by atoms with Crippen LogP contribution in [0, 0.1) is 11.3 Å². The van der Waals surface area contributed by atoms with Gasteiger partial charge in [-0.3, -0.25) is 0 Å². The summed E-state index contributed by atoms with van der Waals surface area (Å²) in [4.78, 5) is 6.54. The Morgan fingerprint density at radius 1 is 1.47 bits per heavy atom. The van der Waals surface area contributed by atoms with Crippen LogP contribution in [-0.4, -0.2) is 30.7 Å². The Kier molecular flexibility index (Phi) is 5.17. The third-order valence-corrected chi connectivity index (χ3v) is 3.57. The maximum absolute atomic E-state index is 8.80. The van der Waals surface area contributed by atoms with Gasteiger partial charge >= 0.3 is 0 Å². The third kappa shape index (κ3) is 3.93. The SMILES string of the molecule is CCCN(CC1CCCCN1)c1ccc(C#N)nc1. The van der Waals surface area contributed by atoms with Gasteiger partial charge in [0.15, 0.2) is 0 Å². The summed E-state index contributed by atoms with van der Waals surface area (Å²) >= 11 is 0. The molecule has 1 aliphatic heterocycles. The summed E-state index contributed by atoms with van der Waals surface area (Å²) in [6, 6.07) is 6.45. The van der Waals surface area contributed by atoms with Crippen LogP contribution in [0.4, 0.5) is 5.69 Å². The Labute approximate surface area is 115 Å². The smallest absolute Gasteiger partial charge is 0.140 e. The monoisotopic (exact) mass is 258 g/mol. The molecule has 2 rings (SSSR count). The summed E-state index contributed by atoms with van der Waals surface area (Å²) in [5, 5.41) is 12.4. The Morgan fingerprint density at radius 2 is 2.37 bits per heavy atom. The van der Waals surface area contributed by atoms with Gasteiger partial charge in [-0.25, -0.2) is 4.98 Å². The summed E-state index contributed by atoms with van der Waals surface area (Å²) < 4.78 is 0. The molecule has 1 fully saturated rings. The number of rotatable bonds is 5. The van der Waals surface area contributed by atoms with Gasteiger partial charge in [-0.1, -0.05) is 13.3 Å². The molecule has 0 aliphatic carbocycles. The molecule has 1 aliphatic rings. The molecule has 0 bridgehead atoms. The highest BCUT2D eigenvalue weighted by Gasteiger charge is 2.16. The van der Waals surface area contributed by atoms with Crippen LogP contribution in [0.1, 0.15) is 38.3 Å². The fraction of sp³-hybridized carbons (Fsp3) is 0.600. The van der Waals surface area contributed by atoms with E-state index in [-0.39, 0.29) is 0 Å². The van der Waals surface area contributed by atoms with Gasteiger partial charge in [0, 0.05) is 19.1 Å². The number of piperidine rings is 1. The van der Waals surface area contributed by atoms with Gasteiger partial charge in [-0.05, 0) is 37.9 Å². The van der Waals surface area contributed by atoms with Gasteiger partial charge in [0.05, 0.1) is 11.9 Å². The van der Waals surface area contributed by atoms with Crippen molar-refractivity contribution >= 4 is 5.69 Å². The van der Waals surface area contributed by atoms with Crippen LogP contribution >= 0.6 is 0 Å². The average molecular weight is 258 g/mol. The first kappa shape index (κ1) is 13.8. The maximum atomic E-state index is 8.80. The Balaban J connectivity index is 2.03. The van der Waals surface area contributed by atoms with Crippen molar-refractivity contribution in [1.82, 2.24) is 10.3 Å². The Bertz CT molecular complexity index is 415. The van der Waals surface area contributed by atoms with E-state index in [9.17, 15) is 0 Å². The zero-order valence-corrected chi connectivity index (χ0v) is 11.6. The second-order valence-electron chi connectivity index (χ2n) is 5.11. The van der Waals surface area contributed by atoms with Crippen LogP contribution in [0.3, 0.4) is 0 Å². The first-order chi connectivity index (χ1) is 9.33. The molecule has 1 saturated heterocycles. The van der Waals surface area contributed by atoms with Crippen molar-refractivity contribution in [2.24, 2.45) is 0 Å². The molecule has 19 heavy (non-hydrogen) atoms. The number of hydrogen-bond acceptors (Lipinski definition) is 4. The molecule has 0 amide bonds. The minimum absolute atomic E-state index is 0.482. The van der Waals surface area contributed by atoms with Crippen LogP contribution in [0.5, 0.6) is 0 Å². The van der Waals surface area contributed by atoms with Gasteiger partial charge in [-0.15, -0.1) is 0 Å². The van der Waals surface area contributed by atoms with Gasteiger partial charge in [-0.2, -0.15) is 5.26 Å². The molecule has 0 aromatic carbocycles. The number of nitrogens with one attached hydrogen (secondary N) is 1. The molecule has 1 aromatic rings. The lowest BCUT2D eigenvalue weighted by Crippen LogP contribution is -2.44. The second kappa shape index (κ2) is 7.10. The van der Waals surface area contributed by atoms with Crippen LogP contribution in [0.25, 0.3) is 0 Å². The number of aromatic nitrogens is 1. The molecule has 1 N–H and O–H groups in total. The van der Waals surface area contributed by atoms with Crippen molar-refractivity contribution in [3.63, 3.8) is 0 Å². The molecule has 1 unspecified atom stereocenters. The lowest BCUT2D eigenvalue weighted by molar-refractivity contribution is 0.399. The molecule has 0 spiro atoms. The number of pyridine rings is 1. The van der Waals surface area contributed by atoms with Crippen LogP contribution < -0.4 is 10.2 Å². The molecule has 1 atom stereocenters. The molecule has 4 nitrogen and oxygen atoms in total. The second-order valence-corrected chi connectivity index (χ2v) is 5.11. The molecule has 4 heteroatoms. The lowest BCUT2D eigenvalue weighted by Gasteiger charge is -2.31. The summed E-state index contributed by atoms with van der Waals surface area (Å²) in [5.41, 5.74) is 1.60. The van der Waals surface area contributed by atoms with Crippen molar-refractivity contribution in [2.45, 2.75) is 38.6 Å². The summed E-state index contributed by atoms with van der Waals surface area (Å²) in [6.45, 7) is 5.39. The predicted molar refractivity (Wildman–Crippen MR) is 77.1 cm³/mol. The van der Waals surface area contributed by atoms with Gasteiger partial charge < -0.3 is 10.2 Å². The molecule has 102 valence electrons. The van der Waals surface area contributed by atoms with E-state index in [0.29, 0.717) is 11.7 Å². The zero-order chi connectivity index (χ0) is 13.5. The van der Waals surface area contributed by atoms with Gasteiger partial charge in [0.25, 0.3) is 0 Å². The summed E-state index contributed by atoms with van der Waals surface area (Å²) in [7, 11) is 0. The van der Waals surface area contributed by atoms with Crippen LogP contribution in [0.15, 0.2) is 18.3 Å². The minimum atomic E-state index is 0.482. The van der Waals surface area contributed by atoms with Gasteiger partial charge in [0.2, 0.25) is 0 Å². The first-order valence-corrected chi connectivity index (χ1v) is 7.18. The van der Waals surface area contributed by atoms with E-state index in [1.807, 2.05) is 12.3 Å². The lowest BCUT2D eigenvalue weighted by atomic mass is 10.0. The van der Waals surface area contributed by atoms with Crippen molar-refractivity contribution in [2.75, 3.05) is 24.5 Å². The fourth-order valence-corrected chi connectivity index (χ4v) is 2.58. The number of nitriles is 1. The Hall–Kier alpha value is -1.60. The van der Waals surface area contributed by atoms with E-state index in [2.05, 4.69) is 28.2 Å². The predicted octanol–water partition coefficient (Wildman–Crippen LogP) is 2.31. The van der Waals surface area contributed by atoms with E-state index in [1.165, 1.54) is 19.3 Å². The van der Waals surface area contributed by atoms with E-state index in [4.69, 9.17) is 5.26 Å². The maximum Gasteiger partial charge on any atom is 0.140 e. The van der Waals surface area contributed by atoms with E-state index in [0.717, 1.165) is 31.7 Å². The molecule has 1 aromatic heterocycles. The highest BCUT2D eigenvalue weighted by Crippen LogP contribution is 2.16. The van der Waals surface area contributed by atoms with E-state index >= 15 is 0 Å². The molecular weight excluding hydrogens is 236 g/mol. The van der Waals surface area contributed by atoms with Crippen molar-refractivity contribution in [3.05, 3.63) is 24.0 Å². The first-order valence-electron chi connectivity index (χ1n) is 7.18. The van der Waals surface area contributed by atoms with Crippen molar-refractivity contribution < 1.29 is 0 Å². The largest absolute Gasteiger partial charge is 0.369 e. The number of hydrogen-bond donors (Lipinski definition) is 1. The average Bonchev–Trinajstić information content (AvgIpc) is 2.48. The van der Waals surface area contributed by atoms with E-state index in [1.54, 1.807) is 6.07 Å².